The average molecular weight is 390 g/mol. The maximum atomic E-state index is 13.8. The van der Waals surface area contributed by atoms with E-state index in [1.165, 1.54) is 21.7 Å². The van der Waals surface area contributed by atoms with E-state index in [0.717, 1.165) is 12.8 Å². The summed E-state index contributed by atoms with van der Waals surface area (Å²) in [7, 11) is -3.60. The van der Waals surface area contributed by atoms with E-state index in [9.17, 15) is 12.8 Å². The summed E-state index contributed by atoms with van der Waals surface area (Å²) in [6.45, 7) is 0.0734. The first-order chi connectivity index (χ1) is 10.00. The summed E-state index contributed by atoms with van der Waals surface area (Å²) < 4.78 is 41.7. The zero-order valence-electron chi connectivity index (χ0n) is 11.0. The Morgan fingerprint density at radius 2 is 2.00 bits per heavy atom. The van der Waals surface area contributed by atoms with Gasteiger partial charge in [-0.2, -0.15) is 4.31 Å². The average Bonchev–Trinajstić information content (AvgIpc) is 3.18. The van der Waals surface area contributed by atoms with Crippen molar-refractivity contribution >= 4 is 37.3 Å². The van der Waals surface area contributed by atoms with Gasteiger partial charge in [0.05, 0.1) is 0 Å². The highest BCUT2D eigenvalue weighted by molar-refractivity contribution is 9.10. The molecule has 1 saturated carbocycles. The standard InChI is InChI=1S/C14H13BrFNO2S2/c15-12-7-8-20-14(12)21(18,19)17(11-5-6-11)9-10-3-1-2-4-13(10)16/h1-4,7-8,11H,5-6,9H2. The van der Waals surface area contributed by atoms with E-state index in [4.69, 9.17) is 0 Å². The van der Waals surface area contributed by atoms with Gasteiger partial charge in [0, 0.05) is 22.6 Å². The number of nitrogens with zero attached hydrogens (tertiary/aromatic N) is 1. The van der Waals surface area contributed by atoms with Crippen molar-refractivity contribution < 1.29 is 12.8 Å². The van der Waals surface area contributed by atoms with Crippen LogP contribution in [0.5, 0.6) is 0 Å². The normalized spacial score (nSPS) is 15.6. The van der Waals surface area contributed by atoms with Crippen LogP contribution in [-0.2, 0) is 16.6 Å². The highest BCUT2D eigenvalue weighted by Gasteiger charge is 2.39. The molecule has 1 aromatic heterocycles. The van der Waals surface area contributed by atoms with Gasteiger partial charge in [0.1, 0.15) is 10.0 Å². The zero-order chi connectivity index (χ0) is 15.0. The van der Waals surface area contributed by atoms with Gasteiger partial charge in [-0.25, -0.2) is 12.8 Å². The summed E-state index contributed by atoms with van der Waals surface area (Å²) >= 11 is 4.44. The molecule has 21 heavy (non-hydrogen) atoms. The summed E-state index contributed by atoms with van der Waals surface area (Å²) in [5, 5.41) is 1.73. The first kappa shape index (κ1) is 15.1. The lowest BCUT2D eigenvalue weighted by atomic mass is 10.2. The molecule has 2 aromatic rings. The van der Waals surface area contributed by atoms with E-state index in [0.29, 0.717) is 10.0 Å². The topological polar surface area (TPSA) is 37.4 Å². The second-order valence-corrected chi connectivity index (χ2v) is 8.79. The molecule has 0 radical (unpaired) electrons. The Morgan fingerprint density at radius 3 is 2.57 bits per heavy atom. The second-order valence-electron chi connectivity index (χ2n) is 4.93. The number of rotatable bonds is 5. The molecule has 1 aliphatic carbocycles. The van der Waals surface area contributed by atoms with Gasteiger partial charge in [0.25, 0.3) is 10.0 Å². The summed E-state index contributed by atoms with van der Waals surface area (Å²) in [6, 6.07) is 7.99. The molecular weight excluding hydrogens is 377 g/mol. The van der Waals surface area contributed by atoms with E-state index >= 15 is 0 Å². The maximum Gasteiger partial charge on any atom is 0.254 e. The molecule has 1 aliphatic rings. The number of sulfonamides is 1. The van der Waals surface area contributed by atoms with Crippen molar-refractivity contribution in [1.29, 1.82) is 0 Å². The molecule has 0 unspecified atom stereocenters. The molecule has 1 fully saturated rings. The molecule has 1 aromatic carbocycles. The van der Waals surface area contributed by atoms with Gasteiger partial charge in [-0.3, -0.25) is 0 Å². The van der Waals surface area contributed by atoms with Crippen LogP contribution in [0.25, 0.3) is 0 Å². The van der Waals surface area contributed by atoms with Crippen molar-refractivity contribution in [3.8, 4) is 0 Å². The fourth-order valence-corrected chi connectivity index (χ4v) is 6.23. The number of hydrogen-bond donors (Lipinski definition) is 0. The summed E-state index contributed by atoms with van der Waals surface area (Å²) in [5.74, 6) is -0.372. The Labute approximate surface area is 135 Å². The van der Waals surface area contributed by atoms with Crippen LogP contribution in [0.4, 0.5) is 4.39 Å². The van der Waals surface area contributed by atoms with E-state index in [1.54, 1.807) is 29.6 Å². The molecule has 0 amide bonds. The fourth-order valence-electron chi connectivity index (χ4n) is 2.14. The monoisotopic (exact) mass is 389 g/mol. The number of hydrogen-bond acceptors (Lipinski definition) is 3. The van der Waals surface area contributed by atoms with Crippen molar-refractivity contribution in [2.75, 3.05) is 0 Å². The molecule has 1 heterocycles. The SMILES string of the molecule is O=S(=O)(c1sccc1Br)N(Cc1ccccc1F)C1CC1. The predicted molar refractivity (Wildman–Crippen MR) is 84.2 cm³/mol. The predicted octanol–water partition coefficient (Wildman–Crippen LogP) is 4.00. The summed E-state index contributed by atoms with van der Waals surface area (Å²) in [6.07, 6.45) is 1.66. The van der Waals surface area contributed by atoms with Crippen LogP contribution in [0.3, 0.4) is 0 Å². The van der Waals surface area contributed by atoms with E-state index < -0.39 is 10.0 Å². The van der Waals surface area contributed by atoms with Crippen LogP contribution in [0, 0.1) is 5.82 Å². The highest BCUT2D eigenvalue weighted by Crippen LogP contribution is 2.37. The van der Waals surface area contributed by atoms with Gasteiger partial charge >= 0.3 is 0 Å². The third-order valence-corrected chi connectivity index (χ3v) is 7.91. The minimum Gasteiger partial charge on any atom is -0.207 e. The minimum absolute atomic E-state index is 0.0244. The second kappa shape index (κ2) is 5.79. The third-order valence-electron chi connectivity index (χ3n) is 3.37. The number of thiophene rings is 1. The Balaban J connectivity index is 1.96. The van der Waals surface area contributed by atoms with Crippen LogP contribution >= 0.6 is 27.3 Å². The van der Waals surface area contributed by atoms with Gasteiger partial charge < -0.3 is 0 Å². The molecule has 0 N–H and O–H groups in total. The first-order valence-electron chi connectivity index (χ1n) is 6.48. The number of halogens is 2. The molecule has 0 aliphatic heterocycles. The van der Waals surface area contributed by atoms with Crippen molar-refractivity contribution in [2.24, 2.45) is 0 Å². The lowest BCUT2D eigenvalue weighted by Gasteiger charge is -2.21. The Kier molecular flexibility index (Phi) is 4.18. The van der Waals surface area contributed by atoms with Crippen LogP contribution in [0.2, 0.25) is 0 Å². The molecular formula is C14H13BrFNO2S2. The summed E-state index contributed by atoms with van der Waals surface area (Å²) in [5.41, 5.74) is 0.403. The molecule has 0 spiro atoms. The van der Waals surface area contributed by atoms with Crippen molar-refractivity contribution in [3.05, 3.63) is 51.6 Å². The third kappa shape index (κ3) is 3.06. The highest BCUT2D eigenvalue weighted by atomic mass is 79.9. The van der Waals surface area contributed by atoms with E-state index in [1.807, 2.05) is 0 Å². The lowest BCUT2D eigenvalue weighted by molar-refractivity contribution is 0.392. The molecule has 112 valence electrons. The van der Waals surface area contributed by atoms with Gasteiger partial charge in [-0.1, -0.05) is 18.2 Å². The lowest BCUT2D eigenvalue weighted by Crippen LogP contribution is -2.32. The Hall–Kier alpha value is -0.760. The van der Waals surface area contributed by atoms with Crippen LogP contribution in [0.1, 0.15) is 18.4 Å². The Bertz CT molecular complexity index is 756. The molecule has 0 atom stereocenters. The largest absolute Gasteiger partial charge is 0.254 e. The van der Waals surface area contributed by atoms with Gasteiger partial charge in [0.2, 0.25) is 0 Å². The Morgan fingerprint density at radius 1 is 1.29 bits per heavy atom. The fraction of sp³-hybridized carbons (Fsp3) is 0.286. The molecule has 0 bridgehead atoms. The quantitative estimate of drug-likeness (QED) is 0.774. The van der Waals surface area contributed by atoms with Crippen LogP contribution in [-0.4, -0.2) is 18.8 Å². The maximum absolute atomic E-state index is 13.8. The van der Waals surface area contributed by atoms with E-state index in [-0.39, 0.29) is 22.6 Å². The number of benzene rings is 1. The van der Waals surface area contributed by atoms with Gasteiger partial charge in [0.15, 0.2) is 0 Å². The molecule has 7 heteroatoms. The van der Waals surface area contributed by atoms with Gasteiger partial charge in [-0.05, 0) is 46.3 Å². The van der Waals surface area contributed by atoms with Crippen molar-refractivity contribution in [3.63, 3.8) is 0 Å². The van der Waals surface area contributed by atoms with Crippen LogP contribution < -0.4 is 0 Å². The van der Waals surface area contributed by atoms with Crippen molar-refractivity contribution in [1.82, 2.24) is 4.31 Å². The molecule has 0 saturated heterocycles. The van der Waals surface area contributed by atoms with Crippen LogP contribution in [0.15, 0.2) is 44.4 Å². The van der Waals surface area contributed by atoms with E-state index in [2.05, 4.69) is 15.9 Å². The van der Waals surface area contributed by atoms with Gasteiger partial charge in [-0.15, -0.1) is 11.3 Å². The minimum atomic E-state index is -3.60. The van der Waals surface area contributed by atoms with Crippen molar-refractivity contribution in [2.45, 2.75) is 29.6 Å². The molecule has 3 rings (SSSR count). The molecule has 3 nitrogen and oxygen atoms in total. The first-order valence-corrected chi connectivity index (χ1v) is 9.59. The summed E-state index contributed by atoms with van der Waals surface area (Å²) in [4.78, 5) is 0. The smallest absolute Gasteiger partial charge is 0.207 e. The zero-order valence-corrected chi connectivity index (χ0v) is 14.2.